The van der Waals surface area contributed by atoms with E-state index in [0.29, 0.717) is 5.56 Å². The molecule has 1 aromatic heterocycles. The van der Waals surface area contributed by atoms with Crippen LogP contribution in [0.5, 0.6) is 5.75 Å². The van der Waals surface area contributed by atoms with Crippen molar-refractivity contribution in [1.82, 2.24) is 10.3 Å². The number of nitrogens with zero attached hydrogens (tertiary/aromatic N) is 1. The first-order valence-electron chi connectivity index (χ1n) is 6.62. The van der Waals surface area contributed by atoms with E-state index in [1.165, 1.54) is 19.2 Å². The lowest BCUT2D eigenvalue weighted by Crippen LogP contribution is -2.28. The van der Waals surface area contributed by atoms with Gasteiger partial charge in [-0.25, -0.2) is 4.39 Å². The molecule has 0 saturated carbocycles. The molecule has 0 fully saturated rings. The maximum absolute atomic E-state index is 13.6. The summed E-state index contributed by atoms with van der Waals surface area (Å²) in [4.78, 5) is 15.9. The van der Waals surface area contributed by atoms with Crippen molar-refractivity contribution in [1.29, 1.82) is 0 Å². The Hall–Kier alpha value is -2.43. The average molecular weight is 288 g/mol. The Labute approximate surface area is 123 Å². The van der Waals surface area contributed by atoms with Gasteiger partial charge >= 0.3 is 0 Å². The van der Waals surface area contributed by atoms with Crippen LogP contribution in [0, 0.1) is 5.82 Å². The molecule has 4 nitrogen and oxygen atoms in total. The normalized spacial score (nSPS) is 11.8. The number of benzene rings is 1. The van der Waals surface area contributed by atoms with Gasteiger partial charge in [-0.05, 0) is 42.3 Å². The highest BCUT2D eigenvalue weighted by Gasteiger charge is 2.11. The molecule has 21 heavy (non-hydrogen) atoms. The van der Waals surface area contributed by atoms with Gasteiger partial charge in [0.25, 0.3) is 0 Å². The largest absolute Gasteiger partial charge is 0.494 e. The number of aromatic nitrogens is 1. The Morgan fingerprint density at radius 2 is 2.05 bits per heavy atom. The van der Waals surface area contributed by atoms with Gasteiger partial charge in [-0.2, -0.15) is 0 Å². The number of rotatable bonds is 5. The molecule has 5 heteroatoms. The molecule has 2 aromatic rings. The fourth-order valence-electron chi connectivity index (χ4n) is 2.03. The molecule has 0 spiro atoms. The van der Waals surface area contributed by atoms with Crippen LogP contribution in [-0.4, -0.2) is 18.0 Å². The maximum Gasteiger partial charge on any atom is 0.224 e. The van der Waals surface area contributed by atoms with E-state index in [2.05, 4.69) is 10.3 Å². The molecular formula is C16H17FN2O2. The van der Waals surface area contributed by atoms with Crippen molar-refractivity contribution in [2.75, 3.05) is 7.11 Å². The Kier molecular flexibility index (Phi) is 4.87. The second kappa shape index (κ2) is 6.83. The highest BCUT2D eigenvalue weighted by Crippen LogP contribution is 2.18. The minimum absolute atomic E-state index is 0.121. The molecule has 1 atom stereocenters. The summed E-state index contributed by atoms with van der Waals surface area (Å²) in [5.41, 5.74) is 1.58. The predicted molar refractivity (Wildman–Crippen MR) is 77.5 cm³/mol. The lowest BCUT2D eigenvalue weighted by atomic mass is 10.1. The molecule has 0 aliphatic rings. The quantitative estimate of drug-likeness (QED) is 0.920. The van der Waals surface area contributed by atoms with E-state index in [0.717, 1.165) is 5.56 Å². The summed E-state index contributed by atoms with van der Waals surface area (Å²) in [6, 6.07) is 8.08. The van der Waals surface area contributed by atoms with Crippen LogP contribution in [0.15, 0.2) is 42.7 Å². The molecule has 1 unspecified atom stereocenters. The average Bonchev–Trinajstić information content (AvgIpc) is 2.48. The molecule has 0 aliphatic heterocycles. The Morgan fingerprint density at radius 1 is 1.33 bits per heavy atom. The van der Waals surface area contributed by atoms with Crippen LogP contribution in [0.2, 0.25) is 0 Å². The van der Waals surface area contributed by atoms with Gasteiger partial charge < -0.3 is 10.1 Å². The predicted octanol–water partition coefficient (Wildman–Crippen LogP) is 2.65. The van der Waals surface area contributed by atoms with Crippen molar-refractivity contribution < 1.29 is 13.9 Å². The lowest BCUT2D eigenvalue weighted by Gasteiger charge is -2.14. The Balaban J connectivity index is 1.97. The molecule has 0 aliphatic carbocycles. The van der Waals surface area contributed by atoms with Crippen LogP contribution in [0.4, 0.5) is 4.39 Å². The van der Waals surface area contributed by atoms with Gasteiger partial charge in [-0.3, -0.25) is 9.78 Å². The number of carbonyl (C=O) groups excluding carboxylic acids is 1. The summed E-state index contributed by atoms with van der Waals surface area (Å²) < 4.78 is 18.4. The molecule has 1 N–H and O–H groups in total. The lowest BCUT2D eigenvalue weighted by molar-refractivity contribution is -0.121. The molecule has 2 rings (SSSR count). The van der Waals surface area contributed by atoms with Gasteiger partial charge in [0.2, 0.25) is 5.91 Å². The monoisotopic (exact) mass is 288 g/mol. The van der Waals surface area contributed by atoms with Crippen LogP contribution in [0.1, 0.15) is 24.1 Å². The fraction of sp³-hybridized carbons (Fsp3) is 0.250. The smallest absolute Gasteiger partial charge is 0.224 e. The summed E-state index contributed by atoms with van der Waals surface area (Å²) in [7, 11) is 1.40. The van der Waals surface area contributed by atoms with Crippen molar-refractivity contribution in [3.05, 3.63) is 59.7 Å². The van der Waals surface area contributed by atoms with Gasteiger partial charge in [-0.15, -0.1) is 0 Å². The third-order valence-corrected chi connectivity index (χ3v) is 3.16. The van der Waals surface area contributed by atoms with Gasteiger partial charge in [0.15, 0.2) is 11.6 Å². The number of hydrogen-bond donors (Lipinski definition) is 1. The molecule has 110 valence electrons. The summed E-state index contributed by atoms with van der Waals surface area (Å²) in [6.45, 7) is 1.89. The number of amides is 1. The first-order chi connectivity index (χ1) is 10.1. The number of halogens is 1. The zero-order chi connectivity index (χ0) is 15.2. The van der Waals surface area contributed by atoms with Gasteiger partial charge in [0.05, 0.1) is 19.6 Å². The van der Waals surface area contributed by atoms with E-state index in [9.17, 15) is 9.18 Å². The molecule has 1 amide bonds. The number of nitrogens with one attached hydrogen (secondary N) is 1. The van der Waals surface area contributed by atoms with Gasteiger partial charge in [0.1, 0.15) is 0 Å². The van der Waals surface area contributed by atoms with Crippen LogP contribution in [0.25, 0.3) is 0 Å². The van der Waals surface area contributed by atoms with E-state index < -0.39 is 5.82 Å². The zero-order valence-electron chi connectivity index (χ0n) is 12.0. The summed E-state index contributed by atoms with van der Waals surface area (Å²) in [5, 5.41) is 2.87. The highest BCUT2D eigenvalue weighted by atomic mass is 19.1. The number of pyridine rings is 1. The second-order valence-corrected chi connectivity index (χ2v) is 4.72. The number of carbonyl (C=O) groups is 1. The molecule has 0 radical (unpaired) electrons. The van der Waals surface area contributed by atoms with E-state index in [4.69, 9.17) is 4.74 Å². The number of hydrogen-bond acceptors (Lipinski definition) is 3. The third kappa shape index (κ3) is 4.02. The van der Waals surface area contributed by atoms with E-state index in [-0.39, 0.29) is 24.1 Å². The molecular weight excluding hydrogens is 271 g/mol. The number of ether oxygens (including phenoxy) is 1. The fourth-order valence-corrected chi connectivity index (χ4v) is 2.03. The second-order valence-electron chi connectivity index (χ2n) is 4.72. The van der Waals surface area contributed by atoms with Crippen LogP contribution >= 0.6 is 0 Å². The van der Waals surface area contributed by atoms with E-state index in [1.54, 1.807) is 18.5 Å². The van der Waals surface area contributed by atoms with Crippen molar-refractivity contribution in [3.63, 3.8) is 0 Å². The number of methoxy groups -OCH3 is 1. The molecule has 1 heterocycles. The molecule has 0 bridgehead atoms. The van der Waals surface area contributed by atoms with Crippen molar-refractivity contribution in [2.24, 2.45) is 0 Å². The highest BCUT2D eigenvalue weighted by molar-refractivity contribution is 5.79. The SMILES string of the molecule is COc1ccc(CC(=O)NC(C)c2ccncc2)cc1F. The summed E-state index contributed by atoms with van der Waals surface area (Å²) in [5.74, 6) is -0.460. The van der Waals surface area contributed by atoms with Crippen molar-refractivity contribution in [2.45, 2.75) is 19.4 Å². The first kappa shape index (κ1) is 15.0. The topological polar surface area (TPSA) is 51.2 Å². The summed E-state index contributed by atoms with van der Waals surface area (Å²) >= 11 is 0. The van der Waals surface area contributed by atoms with Gasteiger partial charge in [-0.1, -0.05) is 6.07 Å². The minimum Gasteiger partial charge on any atom is -0.494 e. The summed E-state index contributed by atoms with van der Waals surface area (Å²) in [6.07, 6.45) is 3.48. The van der Waals surface area contributed by atoms with Crippen LogP contribution in [0.3, 0.4) is 0 Å². The zero-order valence-corrected chi connectivity index (χ0v) is 12.0. The Bertz CT molecular complexity index is 617. The van der Waals surface area contributed by atoms with Crippen molar-refractivity contribution >= 4 is 5.91 Å². The first-order valence-corrected chi connectivity index (χ1v) is 6.62. The van der Waals surface area contributed by atoms with Crippen LogP contribution < -0.4 is 10.1 Å². The maximum atomic E-state index is 13.6. The van der Waals surface area contributed by atoms with Crippen LogP contribution in [-0.2, 0) is 11.2 Å². The van der Waals surface area contributed by atoms with Gasteiger partial charge in [0, 0.05) is 12.4 Å². The molecule has 1 aromatic carbocycles. The van der Waals surface area contributed by atoms with Crippen molar-refractivity contribution in [3.8, 4) is 5.75 Å². The Morgan fingerprint density at radius 3 is 2.67 bits per heavy atom. The van der Waals surface area contributed by atoms with E-state index in [1.807, 2.05) is 19.1 Å². The standard InChI is InChI=1S/C16H17FN2O2/c1-11(13-5-7-18-8-6-13)19-16(20)10-12-3-4-15(21-2)14(17)9-12/h3-9,11H,10H2,1-2H3,(H,19,20). The third-order valence-electron chi connectivity index (χ3n) is 3.16. The minimum atomic E-state index is -0.468. The van der Waals surface area contributed by atoms with E-state index >= 15 is 0 Å². The molecule has 0 saturated heterocycles.